The van der Waals surface area contributed by atoms with E-state index in [9.17, 15) is 9.59 Å². The number of nitrogens with zero attached hydrogens (tertiary/aromatic N) is 2. The van der Waals surface area contributed by atoms with Gasteiger partial charge in [-0.05, 0) is 30.8 Å². The largest absolute Gasteiger partial charge is 0.449 e. The molecule has 0 amide bonds. The van der Waals surface area contributed by atoms with Crippen molar-refractivity contribution in [2.24, 2.45) is 0 Å². The first-order valence-electron chi connectivity index (χ1n) is 6.76. The second-order valence-corrected chi connectivity index (χ2v) is 5.54. The molecule has 21 heavy (non-hydrogen) atoms. The number of hydrogen-bond donors (Lipinski definition) is 0. The van der Waals surface area contributed by atoms with E-state index in [4.69, 9.17) is 16.0 Å². The van der Waals surface area contributed by atoms with Gasteiger partial charge in [0.1, 0.15) is 0 Å². The van der Waals surface area contributed by atoms with Gasteiger partial charge in [-0.3, -0.25) is 9.59 Å². The average molecular weight is 307 g/mol. The zero-order valence-corrected chi connectivity index (χ0v) is 12.4. The summed E-state index contributed by atoms with van der Waals surface area (Å²) in [5.74, 6) is -0.115. The van der Waals surface area contributed by atoms with Crippen molar-refractivity contribution in [2.75, 3.05) is 38.1 Å². The van der Waals surface area contributed by atoms with Crippen molar-refractivity contribution in [3.63, 3.8) is 0 Å². The maximum absolute atomic E-state index is 12.1. The monoisotopic (exact) mass is 306 g/mol. The molecule has 1 aromatic heterocycles. The van der Waals surface area contributed by atoms with E-state index in [2.05, 4.69) is 16.8 Å². The Kier molecular flexibility index (Phi) is 3.69. The van der Waals surface area contributed by atoms with Crippen LogP contribution in [-0.4, -0.2) is 43.4 Å². The Morgan fingerprint density at radius 3 is 2.62 bits per heavy atom. The molecular formula is C15H15ClN2O3. The smallest absolute Gasteiger partial charge is 0.287 e. The highest BCUT2D eigenvalue weighted by Gasteiger charge is 2.19. The van der Waals surface area contributed by atoms with E-state index < -0.39 is 5.24 Å². The minimum absolute atomic E-state index is 0.115. The topological polar surface area (TPSA) is 53.8 Å². The van der Waals surface area contributed by atoms with E-state index >= 15 is 0 Å². The maximum Gasteiger partial charge on any atom is 0.287 e. The molecule has 0 atom stereocenters. The summed E-state index contributed by atoms with van der Waals surface area (Å²) >= 11 is 5.44. The van der Waals surface area contributed by atoms with E-state index in [0.29, 0.717) is 11.0 Å². The number of likely N-dealkylation sites (N-methyl/N-ethyl adjacent to an activating group) is 1. The van der Waals surface area contributed by atoms with Crippen molar-refractivity contribution in [2.45, 2.75) is 0 Å². The van der Waals surface area contributed by atoms with Crippen LogP contribution in [0.3, 0.4) is 0 Å². The molecular weight excluding hydrogens is 292 g/mol. The molecule has 2 aromatic rings. The SMILES string of the molecule is CN1CCN(c2cccc3c(=O)cc(C(=O)Cl)oc23)CC1. The van der Waals surface area contributed by atoms with Crippen LogP contribution < -0.4 is 10.3 Å². The fraction of sp³-hybridized carbons (Fsp3) is 0.333. The maximum atomic E-state index is 12.1. The lowest BCUT2D eigenvalue weighted by Gasteiger charge is -2.34. The number of halogens is 1. The molecule has 1 aliphatic heterocycles. The molecule has 0 spiro atoms. The van der Waals surface area contributed by atoms with E-state index in [0.717, 1.165) is 37.9 Å². The summed E-state index contributed by atoms with van der Waals surface area (Å²) in [6.45, 7) is 3.57. The number of rotatable bonds is 2. The first-order valence-corrected chi connectivity index (χ1v) is 7.14. The first kappa shape index (κ1) is 14.1. The quantitative estimate of drug-likeness (QED) is 0.794. The second kappa shape index (κ2) is 5.50. The predicted molar refractivity (Wildman–Crippen MR) is 82.4 cm³/mol. The predicted octanol–water partition coefficient (Wildman–Crippen LogP) is 1.92. The molecule has 0 radical (unpaired) electrons. The van der Waals surface area contributed by atoms with Crippen LogP contribution in [0.1, 0.15) is 10.6 Å². The number of anilines is 1. The van der Waals surface area contributed by atoms with Gasteiger partial charge >= 0.3 is 0 Å². The summed E-state index contributed by atoms with van der Waals surface area (Å²) in [5, 5.41) is -0.296. The number of carbonyl (C=O) groups is 1. The van der Waals surface area contributed by atoms with Gasteiger partial charge in [0.05, 0.1) is 11.1 Å². The van der Waals surface area contributed by atoms with Gasteiger partial charge in [0.15, 0.2) is 16.8 Å². The van der Waals surface area contributed by atoms with Gasteiger partial charge in [0.2, 0.25) is 0 Å². The molecule has 5 nitrogen and oxygen atoms in total. The highest BCUT2D eigenvalue weighted by Crippen LogP contribution is 2.27. The van der Waals surface area contributed by atoms with Crippen molar-refractivity contribution >= 4 is 33.5 Å². The molecule has 1 aromatic carbocycles. The molecule has 0 N–H and O–H groups in total. The van der Waals surface area contributed by atoms with Crippen LogP contribution in [0.2, 0.25) is 0 Å². The molecule has 0 unspecified atom stereocenters. The molecule has 3 rings (SSSR count). The summed E-state index contributed by atoms with van der Waals surface area (Å²) in [5.41, 5.74) is 1.01. The Bertz CT molecular complexity index is 748. The number of piperazine rings is 1. The standard InChI is InChI=1S/C15H15ClN2O3/c1-17-5-7-18(8-6-17)11-4-2-3-10-12(19)9-13(15(16)20)21-14(10)11/h2-4,9H,5-8H2,1H3. The Morgan fingerprint density at radius 2 is 1.95 bits per heavy atom. The van der Waals surface area contributed by atoms with Gasteiger partial charge in [-0.2, -0.15) is 0 Å². The zero-order valence-electron chi connectivity index (χ0n) is 11.6. The third kappa shape index (κ3) is 2.66. The normalized spacial score (nSPS) is 16.4. The minimum Gasteiger partial charge on any atom is -0.449 e. The van der Waals surface area contributed by atoms with Gasteiger partial charge in [0.25, 0.3) is 5.24 Å². The molecule has 2 heterocycles. The van der Waals surface area contributed by atoms with Crippen molar-refractivity contribution < 1.29 is 9.21 Å². The number of hydrogen-bond acceptors (Lipinski definition) is 5. The summed E-state index contributed by atoms with van der Waals surface area (Å²) in [4.78, 5) is 27.8. The molecule has 1 fully saturated rings. The second-order valence-electron chi connectivity index (χ2n) is 5.19. The molecule has 1 saturated heterocycles. The molecule has 0 saturated carbocycles. The van der Waals surface area contributed by atoms with Gasteiger partial charge in [-0.15, -0.1) is 0 Å². The summed E-state index contributed by atoms with van der Waals surface area (Å²) in [7, 11) is 2.07. The van der Waals surface area contributed by atoms with Gasteiger partial charge in [-0.25, -0.2) is 0 Å². The molecule has 110 valence electrons. The van der Waals surface area contributed by atoms with Crippen molar-refractivity contribution in [3.8, 4) is 0 Å². The fourth-order valence-electron chi connectivity index (χ4n) is 2.56. The Labute approximate surface area is 126 Å². The first-order chi connectivity index (χ1) is 10.1. The van der Waals surface area contributed by atoms with Gasteiger partial charge < -0.3 is 14.2 Å². The van der Waals surface area contributed by atoms with Crippen LogP contribution in [-0.2, 0) is 0 Å². The van der Waals surface area contributed by atoms with Crippen LogP contribution in [0, 0.1) is 0 Å². The number of para-hydroxylation sites is 1. The third-order valence-electron chi connectivity index (χ3n) is 3.77. The van der Waals surface area contributed by atoms with Crippen LogP contribution in [0.15, 0.2) is 33.5 Å². The Morgan fingerprint density at radius 1 is 1.24 bits per heavy atom. The molecule has 0 bridgehead atoms. The average Bonchev–Trinajstić information content (AvgIpc) is 2.47. The third-order valence-corrected chi connectivity index (χ3v) is 3.96. The molecule has 6 heteroatoms. The zero-order chi connectivity index (χ0) is 15.0. The summed E-state index contributed by atoms with van der Waals surface area (Å²) in [6, 6.07) is 6.57. The molecule has 1 aliphatic rings. The van der Waals surface area contributed by atoms with Crippen molar-refractivity contribution in [1.82, 2.24) is 4.90 Å². The van der Waals surface area contributed by atoms with Crippen LogP contribution in [0.5, 0.6) is 0 Å². The van der Waals surface area contributed by atoms with Crippen molar-refractivity contribution in [1.29, 1.82) is 0 Å². The lowest BCUT2D eigenvalue weighted by Crippen LogP contribution is -2.44. The van der Waals surface area contributed by atoms with E-state index in [1.54, 1.807) is 6.07 Å². The van der Waals surface area contributed by atoms with Gasteiger partial charge in [0, 0.05) is 32.2 Å². The fourth-order valence-corrected chi connectivity index (χ4v) is 2.65. The van der Waals surface area contributed by atoms with Crippen molar-refractivity contribution in [3.05, 3.63) is 40.2 Å². The van der Waals surface area contributed by atoms with Crippen LogP contribution in [0.25, 0.3) is 11.0 Å². The number of fused-ring (bicyclic) bond motifs is 1. The highest BCUT2D eigenvalue weighted by molar-refractivity contribution is 6.67. The number of benzene rings is 1. The van der Waals surface area contributed by atoms with Crippen LogP contribution >= 0.6 is 11.6 Å². The van der Waals surface area contributed by atoms with E-state index in [1.165, 1.54) is 0 Å². The van der Waals surface area contributed by atoms with E-state index in [-0.39, 0.29) is 11.2 Å². The minimum atomic E-state index is -0.762. The molecule has 0 aliphatic carbocycles. The Hall–Kier alpha value is -1.85. The summed E-state index contributed by atoms with van der Waals surface area (Å²) < 4.78 is 5.58. The Balaban J connectivity index is 2.14. The van der Waals surface area contributed by atoms with E-state index in [1.807, 2.05) is 12.1 Å². The lowest BCUT2D eigenvalue weighted by molar-refractivity contribution is 0.105. The number of carbonyl (C=O) groups excluding carboxylic acids is 1. The van der Waals surface area contributed by atoms with Crippen LogP contribution in [0.4, 0.5) is 5.69 Å². The summed E-state index contributed by atoms with van der Waals surface area (Å²) in [6.07, 6.45) is 0. The van der Waals surface area contributed by atoms with Gasteiger partial charge in [-0.1, -0.05) is 6.07 Å². The lowest BCUT2D eigenvalue weighted by atomic mass is 10.1. The highest BCUT2D eigenvalue weighted by atomic mass is 35.5.